The van der Waals surface area contributed by atoms with Crippen LogP contribution in [-0.4, -0.2) is 69.4 Å². The van der Waals surface area contributed by atoms with E-state index in [4.69, 9.17) is 4.74 Å². The number of carbonyl (C=O) groups is 1. The molecule has 14 nitrogen and oxygen atoms in total. The number of nitriles is 1. The molecule has 3 aromatic rings. The summed E-state index contributed by atoms with van der Waals surface area (Å²) in [4.78, 5) is 25.2. The largest absolute Gasteiger partial charge is 0.468 e. The molecule has 0 atom stereocenters. The number of ether oxygens (including phenoxy) is 1. The van der Waals surface area contributed by atoms with Crippen LogP contribution in [0, 0.1) is 11.3 Å². The fourth-order valence-corrected chi connectivity index (χ4v) is 3.00. The molecule has 0 bridgehead atoms. The van der Waals surface area contributed by atoms with Gasteiger partial charge in [-0.2, -0.15) is 19.6 Å². The molecular formula is C18H22N12O2S. The third-order valence-corrected chi connectivity index (χ3v) is 4.68. The highest BCUT2D eigenvalue weighted by Crippen LogP contribution is 2.34. The maximum Gasteiger partial charge on any atom is 0.293 e. The summed E-state index contributed by atoms with van der Waals surface area (Å²) in [6.07, 6.45) is 3.48. The van der Waals surface area contributed by atoms with Crippen molar-refractivity contribution in [3.63, 3.8) is 0 Å². The zero-order valence-electron chi connectivity index (χ0n) is 18.3. The Morgan fingerprint density at radius 1 is 1.30 bits per heavy atom. The predicted molar refractivity (Wildman–Crippen MR) is 122 cm³/mol. The summed E-state index contributed by atoms with van der Waals surface area (Å²) in [6, 6.07) is 2.05. The van der Waals surface area contributed by atoms with E-state index >= 15 is 0 Å². The lowest BCUT2D eigenvalue weighted by Crippen LogP contribution is -2.16. The molecule has 0 aliphatic carbocycles. The number of azo groups is 1. The molecule has 0 saturated carbocycles. The van der Waals surface area contributed by atoms with Gasteiger partial charge in [0.15, 0.2) is 17.3 Å². The van der Waals surface area contributed by atoms with Crippen molar-refractivity contribution in [1.82, 2.24) is 29.1 Å². The molecule has 0 spiro atoms. The van der Waals surface area contributed by atoms with Gasteiger partial charge in [0.25, 0.3) is 6.47 Å². The van der Waals surface area contributed by atoms with Gasteiger partial charge in [-0.3, -0.25) is 4.79 Å². The van der Waals surface area contributed by atoms with Crippen molar-refractivity contribution < 1.29 is 9.53 Å². The SMILES string of the molecule is CCNc1nc(N(C)C)nc(NCCCOC=O)c1N=Nc1nn(-c2ncns2)cc1C#N. The Labute approximate surface area is 193 Å². The maximum absolute atomic E-state index is 10.3. The van der Waals surface area contributed by atoms with Crippen LogP contribution in [0.25, 0.3) is 5.13 Å². The average Bonchev–Trinajstić information content (AvgIpc) is 3.48. The Bertz CT molecular complexity index is 1140. The lowest BCUT2D eigenvalue weighted by Gasteiger charge is -2.17. The van der Waals surface area contributed by atoms with Crippen molar-refractivity contribution in [2.45, 2.75) is 13.3 Å². The molecule has 0 saturated heterocycles. The van der Waals surface area contributed by atoms with Gasteiger partial charge in [0.05, 0.1) is 12.8 Å². The van der Waals surface area contributed by atoms with E-state index in [0.29, 0.717) is 54.4 Å². The summed E-state index contributed by atoms with van der Waals surface area (Å²) < 4.78 is 10.1. The summed E-state index contributed by atoms with van der Waals surface area (Å²) in [6.45, 7) is 3.67. The second-order valence-electron chi connectivity index (χ2n) is 6.59. The van der Waals surface area contributed by atoms with Crippen LogP contribution in [0.2, 0.25) is 0 Å². The number of rotatable bonds is 12. The highest BCUT2D eigenvalue weighted by atomic mass is 32.1. The van der Waals surface area contributed by atoms with Gasteiger partial charge in [0.1, 0.15) is 18.0 Å². The molecule has 15 heteroatoms. The molecule has 0 unspecified atom stereocenters. The second-order valence-corrected chi connectivity index (χ2v) is 7.35. The minimum absolute atomic E-state index is 0.122. The fourth-order valence-electron chi connectivity index (χ4n) is 2.54. The van der Waals surface area contributed by atoms with Gasteiger partial charge in [-0.1, -0.05) is 0 Å². The number of hydrogen-bond donors (Lipinski definition) is 2. The molecule has 0 radical (unpaired) electrons. The van der Waals surface area contributed by atoms with E-state index < -0.39 is 0 Å². The molecule has 3 aromatic heterocycles. The van der Waals surface area contributed by atoms with Gasteiger partial charge in [-0.05, 0) is 13.3 Å². The Balaban J connectivity index is 1.96. The zero-order chi connectivity index (χ0) is 23.6. The van der Waals surface area contributed by atoms with Crippen molar-refractivity contribution in [2.24, 2.45) is 10.2 Å². The lowest BCUT2D eigenvalue weighted by atomic mass is 10.3. The molecule has 0 aromatic carbocycles. The van der Waals surface area contributed by atoms with Crippen LogP contribution >= 0.6 is 11.5 Å². The van der Waals surface area contributed by atoms with Crippen molar-refractivity contribution in [2.75, 3.05) is 49.3 Å². The number of aromatic nitrogens is 6. The number of nitrogens with one attached hydrogen (secondary N) is 2. The van der Waals surface area contributed by atoms with E-state index in [1.54, 1.807) is 4.90 Å². The van der Waals surface area contributed by atoms with Gasteiger partial charge in [0, 0.05) is 38.7 Å². The van der Waals surface area contributed by atoms with E-state index in [1.165, 1.54) is 17.2 Å². The van der Waals surface area contributed by atoms with Gasteiger partial charge < -0.3 is 20.3 Å². The van der Waals surface area contributed by atoms with E-state index in [2.05, 4.69) is 51.4 Å². The highest BCUT2D eigenvalue weighted by molar-refractivity contribution is 7.07. The van der Waals surface area contributed by atoms with Crippen LogP contribution in [-0.2, 0) is 9.53 Å². The van der Waals surface area contributed by atoms with E-state index in [-0.39, 0.29) is 18.0 Å². The van der Waals surface area contributed by atoms with Crippen LogP contribution in [0.5, 0.6) is 0 Å². The highest BCUT2D eigenvalue weighted by Gasteiger charge is 2.17. The summed E-state index contributed by atoms with van der Waals surface area (Å²) in [5.41, 5.74) is 0.582. The number of anilines is 3. The molecular weight excluding hydrogens is 448 g/mol. The van der Waals surface area contributed by atoms with Crippen LogP contribution in [0.4, 0.5) is 29.1 Å². The third-order valence-electron chi connectivity index (χ3n) is 4.02. The first-order chi connectivity index (χ1) is 16.1. The van der Waals surface area contributed by atoms with E-state index in [1.807, 2.05) is 21.0 Å². The molecule has 33 heavy (non-hydrogen) atoms. The van der Waals surface area contributed by atoms with E-state index in [0.717, 1.165) is 11.5 Å². The minimum atomic E-state index is 0.122. The van der Waals surface area contributed by atoms with Crippen LogP contribution in [0.3, 0.4) is 0 Å². The maximum atomic E-state index is 10.3. The summed E-state index contributed by atoms with van der Waals surface area (Å²) in [5, 5.41) is 29.1. The minimum Gasteiger partial charge on any atom is -0.468 e. The van der Waals surface area contributed by atoms with Gasteiger partial charge in [0.2, 0.25) is 16.9 Å². The quantitative estimate of drug-likeness (QED) is 0.226. The molecule has 3 rings (SSSR count). The van der Waals surface area contributed by atoms with Crippen molar-refractivity contribution >= 4 is 47.1 Å². The molecule has 172 valence electrons. The van der Waals surface area contributed by atoms with Crippen LogP contribution in [0.1, 0.15) is 18.9 Å². The molecule has 3 heterocycles. The number of nitrogens with zero attached hydrogens (tertiary/aromatic N) is 10. The topological polar surface area (TPSA) is 171 Å². The first-order valence-corrected chi connectivity index (χ1v) is 10.7. The summed E-state index contributed by atoms with van der Waals surface area (Å²) >= 11 is 1.13. The first kappa shape index (κ1) is 23.5. The molecule has 0 aliphatic rings. The molecule has 2 N–H and O–H groups in total. The third kappa shape index (κ3) is 5.95. The summed E-state index contributed by atoms with van der Waals surface area (Å²) in [5.74, 6) is 1.49. The average molecular weight is 471 g/mol. The number of carbonyl (C=O) groups excluding carboxylic acids is 1. The van der Waals surface area contributed by atoms with Crippen LogP contribution < -0.4 is 15.5 Å². The second kappa shape index (κ2) is 11.4. The van der Waals surface area contributed by atoms with Gasteiger partial charge in [-0.25, -0.2) is 9.67 Å². The number of hydrogen-bond acceptors (Lipinski definition) is 14. The monoisotopic (exact) mass is 470 g/mol. The molecule has 0 amide bonds. The van der Waals surface area contributed by atoms with Crippen LogP contribution in [0.15, 0.2) is 22.8 Å². The predicted octanol–water partition coefficient (Wildman–Crippen LogP) is 2.27. The Morgan fingerprint density at radius 3 is 2.73 bits per heavy atom. The fraction of sp³-hybridized carbons (Fsp3) is 0.389. The molecule has 0 fully saturated rings. The molecule has 0 aliphatic heterocycles. The zero-order valence-corrected chi connectivity index (χ0v) is 19.1. The van der Waals surface area contributed by atoms with Crippen molar-refractivity contribution in [3.8, 4) is 11.2 Å². The first-order valence-electron chi connectivity index (χ1n) is 9.88. The Morgan fingerprint density at radius 2 is 2.09 bits per heavy atom. The van der Waals surface area contributed by atoms with Crippen molar-refractivity contribution in [1.29, 1.82) is 5.26 Å². The van der Waals surface area contributed by atoms with Gasteiger partial charge in [-0.15, -0.1) is 15.3 Å². The standard InChI is InChI=1S/C18H22N12O2S/c1-4-20-15-13(16(21-6-5-7-32-11-31)25-17(24-15)29(2)3)26-27-14-12(8-19)9-30(28-14)18-22-10-23-33-18/h9-11H,4-7H2,1-3H3,(H2,20,21,24,25). The normalized spacial score (nSPS) is 10.7. The van der Waals surface area contributed by atoms with E-state index in [9.17, 15) is 10.1 Å². The summed E-state index contributed by atoms with van der Waals surface area (Å²) in [7, 11) is 3.65. The van der Waals surface area contributed by atoms with Gasteiger partial charge >= 0.3 is 0 Å². The Kier molecular flexibility index (Phi) is 8.13. The van der Waals surface area contributed by atoms with Crippen molar-refractivity contribution in [3.05, 3.63) is 18.1 Å². The Hall–Kier alpha value is -4.19. The smallest absolute Gasteiger partial charge is 0.293 e. The lowest BCUT2D eigenvalue weighted by molar-refractivity contribution is -0.128.